The first-order valence-electron chi connectivity index (χ1n) is 8.10. The first-order chi connectivity index (χ1) is 10.7. The summed E-state index contributed by atoms with van der Waals surface area (Å²) in [7, 11) is -3.55. The van der Waals surface area contributed by atoms with E-state index in [9.17, 15) is 13.2 Å². The Morgan fingerprint density at radius 3 is 2.13 bits per heavy atom. The van der Waals surface area contributed by atoms with Crippen molar-refractivity contribution < 1.29 is 13.2 Å². The number of sulfonamides is 1. The zero-order valence-corrected chi connectivity index (χ0v) is 15.2. The molecule has 0 N–H and O–H groups in total. The number of likely N-dealkylation sites (tertiary alicyclic amines) is 1. The molecule has 1 fully saturated rings. The van der Waals surface area contributed by atoms with Crippen LogP contribution in [-0.2, 0) is 14.8 Å². The lowest BCUT2D eigenvalue weighted by Crippen LogP contribution is -2.50. The third kappa shape index (κ3) is 4.05. The van der Waals surface area contributed by atoms with E-state index in [2.05, 4.69) is 0 Å². The van der Waals surface area contributed by atoms with Crippen molar-refractivity contribution in [1.29, 1.82) is 0 Å². The van der Waals surface area contributed by atoms with E-state index >= 15 is 0 Å². The second kappa shape index (κ2) is 6.91. The average Bonchev–Trinajstić information content (AvgIpc) is 2.95. The molecule has 23 heavy (non-hydrogen) atoms. The predicted octanol–water partition coefficient (Wildman–Crippen LogP) is 2.47. The highest BCUT2D eigenvalue weighted by Gasteiger charge is 2.35. The molecule has 0 bridgehead atoms. The first-order valence-corrected chi connectivity index (χ1v) is 9.95. The second-order valence-electron chi connectivity index (χ2n) is 6.36. The van der Waals surface area contributed by atoms with Crippen LogP contribution in [0.3, 0.4) is 0 Å². The molecule has 6 heteroatoms. The molecule has 1 aromatic rings. The van der Waals surface area contributed by atoms with Crippen LogP contribution in [0, 0.1) is 13.8 Å². The number of anilines is 1. The van der Waals surface area contributed by atoms with Crippen molar-refractivity contribution in [1.82, 2.24) is 4.90 Å². The van der Waals surface area contributed by atoms with Crippen LogP contribution in [0.2, 0.25) is 0 Å². The average molecular weight is 338 g/mol. The summed E-state index contributed by atoms with van der Waals surface area (Å²) < 4.78 is 26.2. The van der Waals surface area contributed by atoms with E-state index in [1.807, 2.05) is 39.0 Å². The van der Waals surface area contributed by atoms with Gasteiger partial charge in [-0.15, -0.1) is 0 Å². The number of hydrogen-bond acceptors (Lipinski definition) is 3. The molecular weight excluding hydrogens is 312 g/mol. The van der Waals surface area contributed by atoms with E-state index in [1.54, 1.807) is 4.90 Å². The Morgan fingerprint density at radius 2 is 1.70 bits per heavy atom. The van der Waals surface area contributed by atoms with Gasteiger partial charge in [-0.25, -0.2) is 8.42 Å². The van der Waals surface area contributed by atoms with Crippen molar-refractivity contribution in [2.45, 2.75) is 46.1 Å². The summed E-state index contributed by atoms with van der Waals surface area (Å²) in [4.78, 5) is 14.6. The quantitative estimate of drug-likeness (QED) is 0.829. The third-order valence-electron chi connectivity index (χ3n) is 4.19. The maximum Gasteiger partial charge on any atom is 0.246 e. The van der Waals surface area contributed by atoms with Crippen molar-refractivity contribution in [3.05, 3.63) is 29.3 Å². The minimum Gasteiger partial charge on any atom is -0.341 e. The van der Waals surface area contributed by atoms with Crippen LogP contribution in [-0.4, -0.2) is 44.6 Å². The summed E-state index contributed by atoms with van der Waals surface area (Å²) in [6.45, 7) is 7.17. The molecule has 0 radical (unpaired) electrons. The largest absolute Gasteiger partial charge is 0.341 e. The van der Waals surface area contributed by atoms with Crippen LogP contribution in [0.5, 0.6) is 0 Å². The predicted molar refractivity (Wildman–Crippen MR) is 93.1 cm³/mol. The van der Waals surface area contributed by atoms with E-state index in [1.165, 1.54) is 10.6 Å². The van der Waals surface area contributed by atoms with Crippen molar-refractivity contribution in [2.24, 2.45) is 0 Å². The lowest BCUT2D eigenvalue weighted by molar-refractivity contribution is -0.131. The van der Waals surface area contributed by atoms with E-state index in [0.717, 1.165) is 37.1 Å². The van der Waals surface area contributed by atoms with Gasteiger partial charge in [0.2, 0.25) is 15.9 Å². The van der Waals surface area contributed by atoms with Gasteiger partial charge < -0.3 is 4.90 Å². The van der Waals surface area contributed by atoms with Gasteiger partial charge in [0.05, 0.1) is 11.9 Å². The number of carbonyl (C=O) groups is 1. The molecule has 0 aromatic heterocycles. The van der Waals surface area contributed by atoms with Crippen LogP contribution in [0.25, 0.3) is 0 Å². The fraction of sp³-hybridized carbons (Fsp3) is 0.588. The summed E-state index contributed by atoms with van der Waals surface area (Å²) in [5.41, 5.74) is 2.54. The summed E-state index contributed by atoms with van der Waals surface area (Å²) in [5.74, 6) is -0.0883. The Bertz CT molecular complexity index is 659. The second-order valence-corrected chi connectivity index (χ2v) is 8.22. The SMILES string of the molecule is CCC(C(=O)N1CCCC1)N(c1cc(C)cc(C)c1)S(C)(=O)=O. The number of hydrogen-bond donors (Lipinski definition) is 0. The Labute approximate surface area is 139 Å². The topological polar surface area (TPSA) is 57.7 Å². The molecule has 0 saturated carbocycles. The smallest absolute Gasteiger partial charge is 0.246 e. The summed E-state index contributed by atoms with van der Waals surface area (Å²) >= 11 is 0. The molecule has 1 saturated heterocycles. The number of nitrogens with zero attached hydrogens (tertiary/aromatic N) is 2. The minimum absolute atomic E-state index is 0.0883. The van der Waals surface area contributed by atoms with Gasteiger partial charge in [0.1, 0.15) is 6.04 Å². The van der Waals surface area contributed by atoms with Crippen LogP contribution in [0.15, 0.2) is 18.2 Å². The summed E-state index contributed by atoms with van der Waals surface area (Å²) in [6.07, 6.45) is 3.61. The molecule has 1 atom stereocenters. The highest BCUT2D eigenvalue weighted by atomic mass is 32.2. The summed E-state index contributed by atoms with van der Waals surface area (Å²) in [6, 6.07) is 4.97. The number of amides is 1. The Kier molecular flexibility index (Phi) is 5.34. The number of carbonyl (C=O) groups excluding carboxylic acids is 1. The molecule has 1 aromatic carbocycles. The zero-order valence-electron chi connectivity index (χ0n) is 14.4. The molecule has 1 aliphatic rings. The number of rotatable bonds is 5. The van der Waals surface area contributed by atoms with Gasteiger partial charge in [-0.05, 0) is 56.4 Å². The number of aryl methyl sites for hydroxylation is 2. The highest BCUT2D eigenvalue weighted by molar-refractivity contribution is 7.92. The standard InChI is InChI=1S/C17H26N2O3S/c1-5-16(17(20)18-8-6-7-9-18)19(23(4,21)22)15-11-13(2)10-14(3)12-15/h10-12,16H,5-9H2,1-4H3. The molecule has 1 unspecified atom stereocenters. The molecule has 1 heterocycles. The van der Waals surface area contributed by atoms with Crippen LogP contribution in [0.4, 0.5) is 5.69 Å². The van der Waals surface area contributed by atoms with E-state index in [-0.39, 0.29) is 5.91 Å². The van der Waals surface area contributed by atoms with Crippen molar-refractivity contribution in [3.63, 3.8) is 0 Å². The molecular formula is C17H26N2O3S. The van der Waals surface area contributed by atoms with Crippen molar-refractivity contribution >= 4 is 21.6 Å². The van der Waals surface area contributed by atoms with Crippen molar-refractivity contribution in [2.75, 3.05) is 23.7 Å². The van der Waals surface area contributed by atoms with Gasteiger partial charge in [-0.1, -0.05) is 13.0 Å². The van der Waals surface area contributed by atoms with E-state index in [0.29, 0.717) is 12.1 Å². The molecule has 128 valence electrons. The highest BCUT2D eigenvalue weighted by Crippen LogP contribution is 2.26. The molecule has 1 aliphatic heterocycles. The minimum atomic E-state index is -3.55. The third-order valence-corrected chi connectivity index (χ3v) is 5.37. The van der Waals surface area contributed by atoms with E-state index < -0.39 is 16.1 Å². The van der Waals surface area contributed by atoms with Crippen LogP contribution in [0.1, 0.15) is 37.3 Å². The lowest BCUT2D eigenvalue weighted by Gasteiger charge is -2.33. The van der Waals surface area contributed by atoms with E-state index in [4.69, 9.17) is 0 Å². The molecule has 5 nitrogen and oxygen atoms in total. The van der Waals surface area contributed by atoms with Gasteiger partial charge in [-0.3, -0.25) is 9.10 Å². The van der Waals surface area contributed by atoms with Crippen LogP contribution >= 0.6 is 0 Å². The fourth-order valence-electron chi connectivity index (χ4n) is 3.27. The molecule has 2 rings (SSSR count). The maximum atomic E-state index is 12.8. The van der Waals surface area contributed by atoms with Crippen LogP contribution < -0.4 is 4.31 Å². The molecule has 0 spiro atoms. The molecule has 1 amide bonds. The van der Waals surface area contributed by atoms with Gasteiger partial charge >= 0.3 is 0 Å². The van der Waals surface area contributed by atoms with Gasteiger partial charge in [0.15, 0.2) is 0 Å². The van der Waals surface area contributed by atoms with Gasteiger partial charge in [0.25, 0.3) is 0 Å². The van der Waals surface area contributed by atoms with Gasteiger partial charge in [-0.2, -0.15) is 0 Å². The number of benzene rings is 1. The normalized spacial score (nSPS) is 16.4. The fourth-order valence-corrected chi connectivity index (χ4v) is 4.46. The monoisotopic (exact) mass is 338 g/mol. The Balaban J connectivity index is 2.46. The zero-order chi connectivity index (χ0) is 17.2. The van der Waals surface area contributed by atoms with Crippen molar-refractivity contribution in [3.8, 4) is 0 Å². The first kappa shape index (κ1) is 17.8. The van der Waals surface area contributed by atoms with Gasteiger partial charge in [0, 0.05) is 13.1 Å². The lowest BCUT2D eigenvalue weighted by atomic mass is 10.1. The molecule has 0 aliphatic carbocycles. The summed E-state index contributed by atoms with van der Waals surface area (Å²) in [5, 5.41) is 0. The Hall–Kier alpha value is -1.56. The Morgan fingerprint density at radius 1 is 1.17 bits per heavy atom. The maximum absolute atomic E-state index is 12.8.